The van der Waals surface area contributed by atoms with Gasteiger partial charge in [0.2, 0.25) is 5.91 Å². The Morgan fingerprint density at radius 2 is 1.70 bits per heavy atom. The van der Waals surface area contributed by atoms with Gasteiger partial charge in [-0.3, -0.25) is 9.52 Å². The van der Waals surface area contributed by atoms with Gasteiger partial charge in [0.1, 0.15) is 5.82 Å². The minimum Gasteiger partial charge on any atom is -0.311 e. The SMILES string of the molecule is CC(=O)Nc1cc(C)nn1-c1ccc(NS(=O)(=O)c2ccccc2C(F)(F)F)cc1. The van der Waals surface area contributed by atoms with Crippen molar-refractivity contribution in [3.8, 4) is 5.69 Å². The van der Waals surface area contributed by atoms with Gasteiger partial charge in [0, 0.05) is 18.7 Å². The van der Waals surface area contributed by atoms with Crippen molar-refractivity contribution in [1.82, 2.24) is 9.78 Å². The normalized spacial score (nSPS) is 11.9. The van der Waals surface area contributed by atoms with Crippen LogP contribution in [-0.2, 0) is 21.0 Å². The molecule has 0 saturated carbocycles. The second-order valence-corrected chi connectivity index (χ2v) is 8.06. The third kappa shape index (κ3) is 4.62. The van der Waals surface area contributed by atoms with Crippen molar-refractivity contribution < 1.29 is 26.4 Å². The first-order valence-corrected chi connectivity index (χ1v) is 10.1. The van der Waals surface area contributed by atoms with Crippen LogP contribution in [0.3, 0.4) is 0 Å². The van der Waals surface area contributed by atoms with E-state index < -0.39 is 26.7 Å². The van der Waals surface area contributed by atoms with E-state index in [4.69, 9.17) is 0 Å². The smallest absolute Gasteiger partial charge is 0.311 e. The molecule has 0 saturated heterocycles. The number of hydrogen-bond donors (Lipinski definition) is 2. The molecule has 0 fully saturated rings. The van der Waals surface area contributed by atoms with E-state index in [1.807, 2.05) is 0 Å². The lowest BCUT2D eigenvalue weighted by molar-refractivity contribution is -0.139. The van der Waals surface area contributed by atoms with Crippen LogP contribution in [0.1, 0.15) is 18.2 Å². The predicted molar refractivity (Wildman–Crippen MR) is 105 cm³/mol. The van der Waals surface area contributed by atoms with Crippen molar-refractivity contribution in [2.75, 3.05) is 10.0 Å². The minimum absolute atomic E-state index is 0.0701. The average molecular weight is 438 g/mol. The van der Waals surface area contributed by atoms with E-state index in [-0.39, 0.29) is 11.6 Å². The zero-order valence-electron chi connectivity index (χ0n) is 15.9. The van der Waals surface area contributed by atoms with E-state index in [2.05, 4.69) is 15.1 Å². The van der Waals surface area contributed by atoms with Crippen LogP contribution >= 0.6 is 0 Å². The molecule has 1 heterocycles. The predicted octanol–water partition coefficient (Wildman–Crippen LogP) is 3.96. The van der Waals surface area contributed by atoms with E-state index in [1.165, 1.54) is 41.9 Å². The van der Waals surface area contributed by atoms with Gasteiger partial charge in [-0.05, 0) is 43.3 Å². The monoisotopic (exact) mass is 438 g/mol. The number of nitrogens with one attached hydrogen (secondary N) is 2. The molecule has 0 aliphatic heterocycles. The molecule has 1 aromatic heterocycles. The fourth-order valence-electron chi connectivity index (χ4n) is 2.78. The summed E-state index contributed by atoms with van der Waals surface area (Å²) in [5.41, 5.74) is -0.0143. The van der Waals surface area contributed by atoms with Gasteiger partial charge in [0.05, 0.1) is 21.8 Å². The summed E-state index contributed by atoms with van der Waals surface area (Å²) in [5.74, 6) is 0.135. The standard InChI is InChI=1S/C19H17F3N4O3S/c1-12-11-18(23-13(2)27)26(24-12)15-9-7-14(8-10-15)25-30(28,29)17-6-4-3-5-16(17)19(20,21)22/h3-11,25H,1-2H3,(H,23,27). The van der Waals surface area contributed by atoms with Gasteiger partial charge >= 0.3 is 6.18 Å². The summed E-state index contributed by atoms with van der Waals surface area (Å²) >= 11 is 0. The van der Waals surface area contributed by atoms with Gasteiger partial charge in [-0.15, -0.1) is 0 Å². The Morgan fingerprint density at radius 3 is 2.30 bits per heavy atom. The second-order valence-electron chi connectivity index (χ2n) is 6.41. The lowest BCUT2D eigenvalue weighted by Gasteiger charge is -2.14. The molecule has 158 valence electrons. The highest BCUT2D eigenvalue weighted by atomic mass is 32.2. The van der Waals surface area contributed by atoms with Gasteiger partial charge in [-0.1, -0.05) is 12.1 Å². The number of alkyl halides is 3. The van der Waals surface area contributed by atoms with Crippen LogP contribution in [0.2, 0.25) is 0 Å². The Labute approximate surface area is 170 Å². The molecule has 0 spiro atoms. The van der Waals surface area contributed by atoms with E-state index in [9.17, 15) is 26.4 Å². The number of aromatic nitrogens is 2. The highest BCUT2D eigenvalue weighted by Crippen LogP contribution is 2.34. The van der Waals surface area contributed by atoms with Crippen LogP contribution in [0, 0.1) is 6.92 Å². The Morgan fingerprint density at radius 1 is 1.07 bits per heavy atom. The molecule has 0 atom stereocenters. The lowest BCUT2D eigenvalue weighted by atomic mass is 10.2. The Kier molecular flexibility index (Phi) is 5.57. The van der Waals surface area contributed by atoms with Crippen LogP contribution in [-0.4, -0.2) is 24.1 Å². The van der Waals surface area contributed by atoms with Crippen LogP contribution in [0.25, 0.3) is 5.69 Å². The van der Waals surface area contributed by atoms with E-state index >= 15 is 0 Å². The number of nitrogens with zero attached hydrogens (tertiary/aromatic N) is 2. The molecule has 3 rings (SSSR count). The first-order chi connectivity index (χ1) is 14.0. The third-order valence-corrected chi connectivity index (χ3v) is 5.42. The molecule has 0 radical (unpaired) electrons. The van der Waals surface area contributed by atoms with Crippen LogP contribution < -0.4 is 10.0 Å². The lowest BCUT2D eigenvalue weighted by Crippen LogP contribution is -2.18. The van der Waals surface area contributed by atoms with Crippen molar-refractivity contribution in [3.63, 3.8) is 0 Å². The van der Waals surface area contributed by atoms with Crippen molar-refractivity contribution in [2.45, 2.75) is 24.9 Å². The molecule has 0 aliphatic rings. The molecule has 0 aliphatic carbocycles. The van der Waals surface area contributed by atoms with Gasteiger partial charge < -0.3 is 5.32 Å². The van der Waals surface area contributed by atoms with Crippen LogP contribution in [0.5, 0.6) is 0 Å². The maximum Gasteiger partial charge on any atom is 0.417 e. The molecule has 30 heavy (non-hydrogen) atoms. The fourth-order valence-corrected chi connectivity index (χ4v) is 4.07. The zero-order chi connectivity index (χ0) is 22.1. The number of carbonyl (C=O) groups excluding carboxylic acids is 1. The van der Waals surface area contributed by atoms with Gasteiger partial charge in [-0.25, -0.2) is 13.1 Å². The average Bonchev–Trinajstić information content (AvgIpc) is 3.01. The highest BCUT2D eigenvalue weighted by Gasteiger charge is 2.36. The number of benzene rings is 2. The molecule has 3 aromatic rings. The second kappa shape index (κ2) is 7.82. The number of anilines is 2. The number of aryl methyl sites for hydroxylation is 1. The van der Waals surface area contributed by atoms with Crippen LogP contribution in [0.15, 0.2) is 59.5 Å². The summed E-state index contributed by atoms with van der Waals surface area (Å²) in [4.78, 5) is 10.5. The summed E-state index contributed by atoms with van der Waals surface area (Å²) in [5, 5.41) is 6.89. The van der Waals surface area contributed by atoms with Gasteiger partial charge in [0.25, 0.3) is 10.0 Å². The number of carbonyl (C=O) groups is 1. The summed E-state index contributed by atoms with van der Waals surface area (Å²) < 4.78 is 68.1. The van der Waals surface area contributed by atoms with E-state index in [0.29, 0.717) is 23.3 Å². The fraction of sp³-hybridized carbons (Fsp3) is 0.158. The molecule has 2 N–H and O–H groups in total. The molecular formula is C19H17F3N4O3S. The maximum absolute atomic E-state index is 13.2. The number of hydrogen-bond acceptors (Lipinski definition) is 4. The van der Waals surface area contributed by atoms with Gasteiger partial charge in [0.15, 0.2) is 0 Å². The summed E-state index contributed by atoms with van der Waals surface area (Å²) in [6, 6.07) is 11.4. The Hall–Kier alpha value is -3.34. The molecule has 0 bridgehead atoms. The van der Waals surface area contributed by atoms with E-state index in [0.717, 1.165) is 12.1 Å². The van der Waals surface area contributed by atoms with Crippen molar-refractivity contribution in [3.05, 3.63) is 65.9 Å². The van der Waals surface area contributed by atoms with Crippen molar-refractivity contribution in [2.24, 2.45) is 0 Å². The van der Waals surface area contributed by atoms with Crippen molar-refractivity contribution >= 4 is 27.4 Å². The largest absolute Gasteiger partial charge is 0.417 e. The molecule has 11 heteroatoms. The number of sulfonamides is 1. The quantitative estimate of drug-likeness (QED) is 0.631. The third-order valence-electron chi connectivity index (χ3n) is 3.98. The van der Waals surface area contributed by atoms with Gasteiger partial charge in [-0.2, -0.15) is 18.3 Å². The first kappa shape index (κ1) is 21.4. The molecule has 1 amide bonds. The minimum atomic E-state index is -4.81. The summed E-state index contributed by atoms with van der Waals surface area (Å²) in [6.45, 7) is 3.09. The molecule has 0 unspecified atom stereocenters. The number of amides is 1. The zero-order valence-corrected chi connectivity index (χ0v) is 16.7. The van der Waals surface area contributed by atoms with Crippen LogP contribution in [0.4, 0.5) is 24.7 Å². The Balaban J connectivity index is 1.90. The summed E-state index contributed by atoms with van der Waals surface area (Å²) in [7, 11) is -4.47. The molecule has 7 nitrogen and oxygen atoms in total. The van der Waals surface area contributed by atoms with E-state index in [1.54, 1.807) is 13.0 Å². The number of halogens is 3. The number of rotatable bonds is 5. The van der Waals surface area contributed by atoms with Crippen molar-refractivity contribution in [1.29, 1.82) is 0 Å². The highest BCUT2D eigenvalue weighted by molar-refractivity contribution is 7.92. The molecule has 2 aromatic carbocycles. The summed E-state index contributed by atoms with van der Waals surface area (Å²) in [6.07, 6.45) is -4.81. The maximum atomic E-state index is 13.2. The topological polar surface area (TPSA) is 93.1 Å². The Bertz CT molecular complexity index is 1190. The molecular weight excluding hydrogens is 421 g/mol. The first-order valence-electron chi connectivity index (χ1n) is 8.61.